The molecule has 0 atom stereocenters. The molecule has 3 aromatic carbocycles. The van der Waals surface area contributed by atoms with Crippen LogP contribution in [0.4, 0.5) is 0 Å². The molecule has 1 amide bonds. The third-order valence-electron chi connectivity index (χ3n) is 5.20. The maximum absolute atomic E-state index is 13.1. The highest BCUT2D eigenvalue weighted by molar-refractivity contribution is 7.16. The van der Waals surface area contributed by atoms with E-state index in [1.807, 2.05) is 47.0 Å². The third-order valence-corrected chi connectivity index (χ3v) is 6.24. The summed E-state index contributed by atoms with van der Waals surface area (Å²) >= 11 is 1.34. The van der Waals surface area contributed by atoms with Gasteiger partial charge in [-0.1, -0.05) is 35.6 Å². The van der Waals surface area contributed by atoms with E-state index < -0.39 is 5.91 Å². The highest BCUT2D eigenvalue weighted by Crippen LogP contribution is 2.37. The molecule has 2 heterocycles. The zero-order chi connectivity index (χ0) is 23.5. The molecule has 0 unspecified atom stereocenters. The number of hydrogen-bond acceptors (Lipinski definition) is 7. The highest BCUT2D eigenvalue weighted by Gasteiger charge is 2.19. The van der Waals surface area contributed by atoms with Crippen LogP contribution in [0.1, 0.15) is 16.8 Å². The monoisotopic (exact) mass is 476 g/mol. The summed E-state index contributed by atoms with van der Waals surface area (Å²) in [5, 5.41) is 0. The van der Waals surface area contributed by atoms with Crippen LogP contribution in [0.3, 0.4) is 0 Å². The number of ether oxygens (including phenoxy) is 4. The second-order valence-corrected chi connectivity index (χ2v) is 8.40. The number of para-hydroxylation sites is 1. The first-order valence-corrected chi connectivity index (χ1v) is 11.3. The van der Waals surface area contributed by atoms with Gasteiger partial charge in [-0.15, -0.1) is 0 Å². The quantitative estimate of drug-likeness (QED) is 0.380. The summed E-state index contributed by atoms with van der Waals surface area (Å²) in [6.45, 7) is 0.460. The maximum Gasteiger partial charge on any atom is 0.307 e. The third kappa shape index (κ3) is 4.51. The van der Waals surface area contributed by atoms with Crippen LogP contribution in [0.15, 0.2) is 71.7 Å². The van der Waals surface area contributed by atoms with Gasteiger partial charge in [0, 0.05) is 24.2 Å². The van der Waals surface area contributed by atoms with E-state index >= 15 is 0 Å². The minimum atomic E-state index is -0.420. The first kappa shape index (κ1) is 21.7. The SMILES string of the molecule is COC(=O)CCn1c(=NC(=O)c2cccc(Oc3ccccc3)c2)sc2cc3c(cc21)OCO3. The lowest BCUT2D eigenvalue weighted by Crippen LogP contribution is -2.19. The fourth-order valence-corrected chi connectivity index (χ4v) is 4.60. The Balaban J connectivity index is 1.51. The topological polar surface area (TPSA) is 88.4 Å². The molecule has 0 saturated carbocycles. The summed E-state index contributed by atoms with van der Waals surface area (Å²) in [5.74, 6) is 1.69. The fraction of sp³-hybridized carbons (Fsp3) is 0.160. The van der Waals surface area contributed by atoms with Gasteiger partial charge in [0.05, 0.1) is 23.7 Å². The van der Waals surface area contributed by atoms with Gasteiger partial charge in [0.25, 0.3) is 5.91 Å². The van der Waals surface area contributed by atoms with Gasteiger partial charge in [0.1, 0.15) is 11.5 Å². The van der Waals surface area contributed by atoms with E-state index in [1.165, 1.54) is 18.4 Å². The number of aromatic nitrogens is 1. The first-order valence-electron chi connectivity index (χ1n) is 10.5. The Morgan fingerprint density at radius 2 is 1.76 bits per heavy atom. The normalized spacial score (nSPS) is 12.7. The smallest absolute Gasteiger partial charge is 0.307 e. The summed E-state index contributed by atoms with van der Waals surface area (Å²) < 4.78 is 24.3. The number of rotatable bonds is 6. The molecule has 34 heavy (non-hydrogen) atoms. The number of fused-ring (bicyclic) bond motifs is 2. The molecule has 1 aromatic heterocycles. The lowest BCUT2D eigenvalue weighted by atomic mass is 10.2. The molecule has 4 aromatic rings. The average molecular weight is 477 g/mol. The number of carbonyl (C=O) groups is 2. The van der Waals surface area contributed by atoms with Crippen molar-refractivity contribution in [3.8, 4) is 23.0 Å². The molecule has 172 valence electrons. The summed E-state index contributed by atoms with van der Waals surface area (Å²) in [5.41, 5.74) is 1.19. The summed E-state index contributed by atoms with van der Waals surface area (Å²) in [6.07, 6.45) is 0.137. The van der Waals surface area contributed by atoms with Crippen LogP contribution in [-0.4, -0.2) is 30.3 Å². The Bertz CT molecular complexity index is 1440. The number of hydrogen-bond donors (Lipinski definition) is 0. The van der Waals surface area contributed by atoms with E-state index in [1.54, 1.807) is 24.3 Å². The van der Waals surface area contributed by atoms with Crippen LogP contribution < -0.4 is 19.0 Å². The lowest BCUT2D eigenvalue weighted by Gasteiger charge is -2.06. The van der Waals surface area contributed by atoms with Crippen LogP contribution in [-0.2, 0) is 16.1 Å². The van der Waals surface area contributed by atoms with E-state index in [0.717, 1.165) is 10.2 Å². The van der Waals surface area contributed by atoms with E-state index in [0.29, 0.717) is 39.9 Å². The van der Waals surface area contributed by atoms with Gasteiger partial charge < -0.3 is 23.5 Å². The molecule has 0 bridgehead atoms. The summed E-state index contributed by atoms with van der Waals surface area (Å²) in [7, 11) is 1.34. The second kappa shape index (κ2) is 9.40. The van der Waals surface area contributed by atoms with Crippen LogP contribution in [0.5, 0.6) is 23.0 Å². The van der Waals surface area contributed by atoms with Gasteiger partial charge >= 0.3 is 5.97 Å². The predicted molar refractivity (Wildman–Crippen MR) is 125 cm³/mol. The Labute approximate surface area is 198 Å². The van der Waals surface area contributed by atoms with Crippen molar-refractivity contribution in [3.05, 3.63) is 77.1 Å². The van der Waals surface area contributed by atoms with Crippen LogP contribution in [0, 0.1) is 0 Å². The Morgan fingerprint density at radius 3 is 2.56 bits per heavy atom. The first-order chi connectivity index (χ1) is 16.6. The second-order valence-electron chi connectivity index (χ2n) is 7.40. The molecule has 8 nitrogen and oxygen atoms in total. The molecule has 1 aliphatic heterocycles. The van der Waals surface area contributed by atoms with Gasteiger partial charge in [-0.05, 0) is 30.3 Å². The minimum Gasteiger partial charge on any atom is -0.469 e. The molecule has 0 aliphatic carbocycles. The number of aryl methyl sites for hydroxylation is 1. The summed E-state index contributed by atoms with van der Waals surface area (Å²) in [6, 6.07) is 19.9. The van der Waals surface area contributed by atoms with Gasteiger partial charge in [-0.3, -0.25) is 9.59 Å². The van der Waals surface area contributed by atoms with Crippen molar-refractivity contribution in [1.82, 2.24) is 4.57 Å². The van der Waals surface area contributed by atoms with Crippen molar-refractivity contribution in [2.24, 2.45) is 4.99 Å². The average Bonchev–Trinajstić information content (AvgIpc) is 3.45. The molecule has 9 heteroatoms. The number of thiazole rings is 1. The van der Waals surface area contributed by atoms with Crippen LogP contribution >= 0.6 is 11.3 Å². The number of amides is 1. The highest BCUT2D eigenvalue weighted by atomic mass is 32.1. The molecule has 0 N–H and O–H groups in total. The Hall–Kier alpha value is -4.11. The molecule has 0 saturated heterocycles. The van der Waals surface area contributed by atoms with Crippen LogP contribution in [0.25, 0.3) is 10.2 Å². The van der Waals surface area contributed by atoms with Crippen molar-refractivity contribution in [2.45, 2.75) is 13.0 Å². The molecule has 0 spiro atoms. The zero-order valence-corrected chi connectivity index (χ0v) is 19.0. The molecule has 1 aliphatic rings. The number of methoxy groups -OCH3 is 1. The number of esters is 1. The van der Waals surface area contributed by atoms with E-state index in [9.17, 15) is 9.59 Å². The molecular formula is C25H20N2O6S. The molecule has 0 radical (unpaired) electrons. The fourth-order valence-electron chi connectivity index (χ4n) is 3.53. The minimum absolute atomic E-state index is 0.137. The van der Waals surface area contributed by atoms with Gasteiger partial charge in [0.15, 0.2) is 16.3 Å². The molecule has 5 rings (SSSR count). The van der Waals surface area contributed by atoms with Crippen molar-refractivity contribution in [1.29, 1.82) is 0 Å². The van der Waals surface area contributed by atoms with Crippen molar-refractivity contribution < 1.29 is 28.5 Å². The largest absolute Gasteiger partial charge is 0.469 e. The van der Waals surface area contributed by atoms with E-state index in [-0.39, 0.29) is 19.2 Å². The number of benzene rings is 3. The standard InChI is InChI=1S/C25H20N2O6S/c1-30-23(28)10-11-27-19-13-20-21(32-15-31-20)14-22(19)34-25(27)26-24(29)16-6-5-9-18(12-16)33-17-7-3-2-4-8-17/h2-9,12-14H,10-11,15H2,1H3. The number of nitrogens with zero attached hydrogens (tertiary/aromatic N) is 2. The van der Waals surface area contributed by atoms with Gasteiger partial charge in [-0.25, -0.2) is 0 Å². The van der Waals surface area contributed by atoms with Gasteiger partial charge in [-0.2, -0.15) is 4.99 Å². The zero-order valence-electron chi connectivity index (χ0n) is 18.2. The van der Waals surface area contributed by atoms with Crippen molar-refractivity contribution in [3.63, 3.8) is 0 Å². The lowest BCUT2D eigenvalue weighted by molar-refractivity contribution is -0.140. The van der Waals surface area contributed by atoms with Gasteiger partial charge in [0.2, 0.25) is 6.79 Å². The summed E-state index contributed by atoms with van der Waals surface area (Å²) in [4.78, 5) is 29.7. The van der Waals surface area contributed by atoms with E-state index in [2.05, 4.69) is 4.99 Å². The Kier molecular flexibility index (Phi) is 6.01. The van der Waals surface area contributed by atoms with Crippen molar-refractivity contribution in [2.75, 3.05) is 13.9 Å². The van der Waals surface area contributed by atoms with Crippen LogP contribution in [0.2, 0.25) is 0 Å². The molecule has 0 fully saturated rings. The number of carbonyl (C=O) groups excluding carboxylic acids is 2. The molecular weight excluding hydrogens is 456 g/mol. The van der Waals surface area contributed by atoms with E-state index in [4.69, 9.17) is 18.9 Å². The van der Waals surface area contributed by atoms with Crippen molar-refractivity contribution >= 4 is 33.4 Å². The Morgan fingerprint density at radius 1 is 1.00 bits per heavy atom. The maximum atomic E-state index is 13.1. The predicted octanol–water partition coefficient (Wildman–Crippen LogP) is 4.53.